The number of hydrogen-bond acceptors (Lipinski definition) is 7. The summed E-state index contributed by atoms with van der Waals surface area (Å²) in [6.45, 7) is 6.18. The molecule has 0 atom stereocenters. The fraction of sp³-hybridized carbons (Fsp3) is 0.318. The Morgan fingerprint density at radius 2 is 1.94 bits per heavy atom. The molecule has 2 aromatic heterocycles. The van der Waals surface area contributed by atoms with Crippen molar-refractivity contribution in [1.29, 1.82) is 0 Å². The molecule has 2 heterocycles. The minimum atomic E-state index is -0.401. The summed E-state index contributed by atoms with van der Waals surface area (Å²) in [6, 6.07) is 12.5. The second-order valence-corrected chi connectivity index (χ2v) is 8.10. The van der Waals surface area contributed by atoms with Gasteiger partial charge in [0.05, 0.1) is 27.4 Å². The summed E-state index contributed by atoms with van der Waals surface area (Å²) in [4.78, 5) is 18.3. The summed E-state index contributed by atoms with van der Waals surface area (Å²) in [5, 5.41) is 10.8. The molecule has 0 bridgehead atoms. The fourth-order valence-corrected chi connectivity index (χ4v) is 4.44. The summed E-state index contributed by atoms with van der Waals surface area (Å²) in [6.07, 6.45) is 1.96. The van der Waals surface area contributed by atoms with E-state index in [0.29, 0.717) is 6.61 Å². The molecule has 162 valence electrons. The number of nitro benzene ring substituents is 1. The first-order valence-electron chi connectivity index (χ1n) is 10.1. The van der Waals surface area contributed by atoms with Crippen LogP contribution in [-0.2, 0) is 4.74 Å². The summed E-state index contributed by atoms with van der Waals surface area (Å²) in [5.41, 5.74) is 2.77. The van der Waals surface area contributed by atoms with Crippen LogP contribution >= 0.6 is 11.3 Å². The van der Waals surface area contributed by atoms with Crippen LogP contribution in [0.4, 0.5) is 5.69 Å². The second kappa shape index (κ2) is 9.42. The molecule has 4 aromatic rings. The van der Waals surface area contributed by atoms with E-state index in [9.17, 15) is 10.1 Å². The van der Waals surface area contributed by atoms with Gasteiger partial charge in [-0.25, -0.2) is 4.98 Å². The number of non-ortho nitro benzene ring substituents is 1. The molecular formula is C22H24N4O4S. The van der Waals surface area contributed by atoms with Crippen LogP contribution in [-0.4, -0.2) is 59.2 Å². The molecule has 0 aliphatic heterocycles. The predicted octanol–water partition coefficient (Wildman–Crippen LogP) is 4.47. The molecule has 0 aliphatic carbocycles. The van der Waals surface area contributed by atoms with Crippen LogP contribution in [0.5, 0.6) is 5.75 Å². The topological polar surface area (TPSA) is 82.1 Å². The highest BCUT2D eigenvalue weighted by atomic mass is 32.1. The number of fused-ring (bicyclic) bond motifs is 3. The Morgan fingerprint density at radius 1 is 1.16 bits per heavy atom. The zero-order chi connectivity index (χ0) is 21.8. The van der Waals surface area contributed by atoms with Crippen molar-refractivity contribution in [3.05, 3.63) is 58.8 Å². The van der Waals surface area contributed by atoms with Crippen molar-refractivity contribution in [1.82, 2.24) is 14.3 Å². The van der Waals surface area contributed by atoms with Gasteiger partial charge in [0.1, 0.15) is 12.4 Å². The van der Waals surface area contributed by atoms with Crippen LogP contribution in [0.3, 0.4) is 0 Å². The maximum absolute atomic E-state index is 10.8. The van der Waals surface area contributed by atoms with E-state index in [2.05, 4.69) is 11.8 Å². The zero-order valence-electron chi connectivity index (χ0n) is 17.5. The number of nitro groups is 1. The Bertz CT molecular complexity index is 1190. The van der Waals surface area contributed by atoms with Gasteiger partial charge < -0.3 is 9.47 Å². The Labute approximate surface area is 183 Å². The molecule has 31 heavy (non-hydrogen) atoms. The minimum Gasteiger partial charge on any atom is -0.492 e. The summed E-state index contributed by atoms with van der Waals surface area (Å²) in [7, 11) is 1.71. The van der Waals surface area contributed by atoms with Crippen molar-refractivity contribution in [3.8, 4) is 17.0 Å². The third-order valence-corrected chi connectivity index (χ3v) is 6.19. The van der Waals surface area contributed by atoms with E-state index in [1.54, 1.807) is 30.6 Å². The van der Waals surface area contributed by atoms with E-state index in [1.165, 1.54) is 12.1 Å². The number of methoxy groups -OCH3 is 1. The second-order valence-electron chi connectivity index (χ2n) is 7.09. The number of aromatic nitrogens is 2. The zero-order valence-corrected chi connectivity index (χ0v) is 18.3. The quantitative estimate of drug-likeness (QED) is 0.267. The summed E-state index contributed by atoms with van der Waals surface area (Å²) >= 11 is 1.59. The van der Waals surface area contributed by atoms with Crippen LogP contribution in [0.25, 0.3) is 26.4 Å². The van der Waals surface area contributed by atoms with Gasteiger partial charge in [-0.3, -0.25) is 19.4 Å². The third-order valence-electron chi connectivity index (χ3n) is 5.17. The van der Waals surface area contributed by atoms with Crippen LogP contribution < -0.4 is 4.74 Å². The van der Waals surface area contributed by atoms with Crippen molar-refractivity contribution in [2.75, 3.05) is 40.0 Å². The van der Waals surface area contributed by atoms with Crippen molar-refractivity contribution < 1.29 is 14.4 Å². The molecule has 0 saturated carbocycles. The first kappa shape index (κ1) is 21.2. The lowest BCUT2D eigenvalue weighted by Crippen LogP contribution is -2.31. The number of benzene rings is 2. The van der Waals surface area contributed by atoms with Gasteiger partial charge in [0.25, 0.3) is 5.69 Å². The molecule has 0 spiro atoms. The smallest absolute Gasteiger partial charge is 0.269 e. The summed E-state index contributed by atoms with van der Waals surface area (Å²) in [5.74, 6) is 0.843. The highest BCUT2D eigenvalue weighted by molar-refractivity contribution is 7.23. The maximum Gasteiger partial charge on any atom is 0.269 e. The molecule has 0 fully saturated rings. The van der Waals surface area contributed by atoms with Crippen LogP contribution in [0.15, 0.2) is 48.7 Å². The van der Waals surface area contributed by atoms with Crippen molar-refractivity contribution in [3.63, 3.8) is 0 Å². The SMILES string of the molecule is CCN(CCOC)CCOc1ccc2c(c1)sc1nc(-c3ccc([N+](=O)[O-])cc3)cn12. The molecule has 4 rings (SSSR count). The fourth-order valence-electron chi connectivity index (χ4n) is 3.41. The number of ether oxygens (including phenoxy) is 2. The van der Waals surface area contributed by atoms with Gasteiger partial charge in [-0.1, -0.05) is 18.3 Å². The molecule has 0 amide bonds. The van der Waals surface area contributed by atoms with Crippen molar-refractivity contribution in [2.24, 2.45) is 0 Å². The van der Waals surface area contributed by atoms with E-state index >= 15 is 0 Å². The average molecular weight is 441 g/mol. The van der Waals surface area contributed by atoms with Crippen LogP contribution in [0.1, 0.15) is 6.92 Å². The van der Waals surface area contributed by atoms with Gasteiger partial charge in [0.2, 0.25) is 0 Å². The lowest BCUT2D eigenvalue weighted by molar-refractivity contribution is -0.384. The molecule has 0 aliphatic rings. The average Bonchev–Trinajstić information content (AvgIpc) is 3.34. The first-order valence-corrected chi connectivity index (χ1v) is 10.9. The standard InChI is InChI=1S/C22H24N4O4S/c1-3-24(10-12-29-2)11-13-30-18-8-9-20-21(14-18)31-22-23-19(15-25(20)22)16-4-6-17(7-5-16)26(27)28/h4-9,14-15H,3,10-13H2,1-2H3. The number of imidazole rings is 1. The normalized spacial score (nSPS) is 11.6. The Balaban J connectivity index is 1.48. The van der Waals surface area contributed by atoms with E-state index in [-0.39, 0.29) is 5.69 Å². The largest absolute Gasteiger partial charge is 0.492 e. The number of nitrogens with zero attached hydrogens (tertiary/aromatic N) is 4. The number of likely N-dealkylation sites (N-methyl/N-ethyl adjacent to an activating group) is 1. The highest BCUT2D eigenvalue weighted by Crippen LogP contribution is 2.32. The summed E-state index contributed by atoms with van der Waals surface area (Å²) < 4.78 is 14.2. The van der Waals surface area contributed by atoms with Crippen LogP contribution in [0, 0.1) is 10.1 Å². The number of hydrogen-bond donors (Lipinski definition) is 0. The third kappa shape index (κ3) is 4.68. The Hall–Kier alpha value is -3.01. The molecular weight excluding hydrogens is 416 g/mol. The van der Waals surface area contributed by atoms with E-state index in [0.717, 1.165) is 58.4 Å². The van der Waals surface area contributed by atoms with E-state index in [1.807, 2.05) is 28.8 Å². The van der Waals surface area contributed by atoms with Gasteiger partial charge in [0.15, 0.2) is 4.96 Å². The predicted molar refractivity (Wildman–Crippen MR) is 122 cm³/mol. The van der Waals surface area contributed by atoms with Gasteiger partial charge in [-0.2, -0.15) is 0 Å². The lowest BCUT2D eigenvalue weighted by atomic mass is 10.1. The molecule has 0 unspecified atom stereocenters. The molecule has 8 nitrogen and oxygen atoms in total. The maximum atomic E-state index is 10.8. The van der Waals surface area contributed by atoms with Crippen molar-refractivity contribution >= 4 is 32.2 Å². The first-order chi connectivity index (χ1) is 15.1. The molecule has 2 aromatic carbocycles. The number of rotatable bonds is 10. The lowest BCUT2D eigenvalue weighted by Gasteiger charge is -2.19. The Kier molecular flexibility index (Phi) is 6.45. The highest BCUT2D eigenvalue weighted by Gasteiger charge is 2.12. The van der Waals surface area contributed by atoms with Gasteiger partial charge in [0, 0.05) is 44.1 Å². The molecule has 0 radical (unpaired) electrons. The minimum absolute atomic E-state index is 0.0727. The number of thiazole rings is 1. The van der Waals surface area contributed by atoms with E-state index < -0.39 is 4.92 Å². The van der Waals surface area contributed by atoms with Gasteiger partial charge >= 0.3 is 0 Å². The Morgan fingerprint density at radius 3 is 2.65 bits per heavy atom. The molecule has 9 heteroatoms. The van der Waals surface area contributed by atoms with Crippen molar-refractivity contribution in [2.45, 2.75) is 6.92 Å². The monoisotopic (exact) mass is 440 g/mol. The van der Waals surface area contributed by atoms with E-state index in [4.69, 9.17) is 14.5 Å². The molecule has 0 saturated heterocycles. The van der Waals surface area contributed by atoms with Crippen LogP contribution in [0.2, 0.25) is 0 Å². The van der Waals surface area contributed by atoms with Gasteiger partial charge in [-0.15, -0.1) is 0 Å². The van der Waals surface area contributed by atoms with Gasteiger partial charge in [-0.05, 0) is 36.9 Å². The molecule has 0 N–H and O–H groups in total.